The van der Waals surface area contributed by atoms with Gasteiger partial charge in [0, 0.05) is 58.0 Å². The number of aromatic nitrogens is 2. The number of hydrogen-bond donors (Lipinski definition) is 3. The molecule has 5 heteroatoms. The Labute approximate surface area is 199 Å². The number of nitrogens with zero attached hydrogens (tertiary/aromatic N) is 1. The number of aromatic amines is 1. The van der Waals surface area contributed by atoms with Crippen molar-refractivity contribution in [2.24, 2.45) is 0 Å². The number of H-pyrrole nitrogens is 1. The second kappa shape index (κ2) is 8.01. The summed E-state index contributed by atoms with van der Waals surface area (Å²) >= 11 is 0. The van der Waals surface area contributed by atoms with Gasteiger partial charge < -0.3 is 15.6 Å². The molecule has 0 saturated heterocycles. The highest BCUT2D eigenvalue weighted by Crippen LogP contribution is 2.47. The SMILES string of the molecule is C=C(NC1=CCCC(F)=C1)c1cnc2[nH]cc(-c3ccc4c(c3)C3(CCCCC3)NC4=C)c2c1. The van der Waals surface area contributed by atoms with Crippen LogP contribution in [-0.4, -0.2) is 9.97 Å². The molecule has 1 spiro atoms. The zero-order chi connectivity index (χ0) is 23.3. The quantitative estimate of drug-likeness (QED) is 0.397. The number of fused-ring (bicyclic) bond motifs is 3. The van der Waals surface area contributed by atoms with E-state index >= 15 is 0 Å². The van der Waals surface area contributed by atoms with E-state index in [0.717, 1.165) is 46.4 Å². The van der Waals surface area contributed by atoms with Gasteiger partial charge in [0.15, 0.2) is 0 Å². The number of nitrogens with one attached hydrogen (secondary N) is 3. The smallest absolute Gasteiger partial charge is 0.137 e. The van der Waals surface area contributed by atoms with Crippen molar-refractivity contribution in [2.45, 2.75) is 50.5 Å². The van der Waals surface area contributed by atoms with Gasteiger partial charge in [0.05, 0.1) is 5.54 Å². The fraction of sp³-hybridized carbons (Fsp3) is 0.276. The summed E-state index contributed by atoms with van der Waals surface area (Å²) < 4.78 is 13.7. The number of allylic oxidation sites excluding steroid dienone is 3. The van der Waals surface area contributed by atoms with E-state index in [1.165, 1.54) is 42.0 Å². The molecule has 3 aromatic rings. The van der Waals surface area contributed by atoms with Crippen molar-refractivity contribution in [3.8, 4) is 11.1 Å². The second-order valence-corrected chi connectivity index (χ2v) is 9.72. The van der Waals surface area contributed by atoms with Gasteiger partial charge >= 0.3 is 0 Å². The van der Waals surface area contributed by atoms with Gasteiger partial charge in [0.25, 0.3) is 0 Å². The van der Waals surface area contributed by atoms with Crippen LogP contribution in [0.5, 0.6) is 0 Å². The largest absolute Gasteiger partial charge is 0.375 e. The van der Waals surface area contributed by atoms with E-state index in [9.17, 15) is 4.39 Å². The van der Waals surface area contributed by atoms with Crippen molar-refractivity contribution in [2.75, 3.05) is 0 Å². The highest BCUT2D eigenvalue weighted by atomic mass is 19.1. The van der Waals surface area contributed by atoms with E-state index in [4.69, 9.17) is 0 Å². The lowest BCUT2D eigenvalue weighted by atomic mass is 9.77. The lowest BCUT2D eigenvalue weighted by Gasteiger charge is -2.35. The molecule has 34 heavy (non-hydrogen) atoms. The summed E-state index contributed by atoms with van der Waals surface area (Å²) in [5.41, 5.74) is 9.12. The van der Waals surface area contributed by atoms with Crippen molar-refractivity contribution in [3.05, 3.63) is 90.2 Å². The van der Waals surface area contributed by atoms with E-state index in [1.54, 1.807) is 6.20 Å². The van der Waals surface area contributed by atoms with Crippen LogP contribution in [0, 0.1) is 0 Å². The maximum absolute atomic E-state index is 13.7. The minimum atomic E-state index is -0.108. The molecule has 0 bridgehead atoms. The number of hydrogen-bond acceptors (Lipinski definition) is 3. The van der Waals surface area contributed by atoms with Gasteiger partial charge in [0.2, 0.25) is 0 Å². The molecule has 3 heterocycles. The van der Waals surface area contributed by atoms with Crippen LogP contribution in [0.15, 0.2) is 73.5 Å². The first-order chi connectivity index (χ1) is 16.5. The molecule has 4 nitrogen and oxygen atoms in total. The number of rotatable bonds is 4. The average Bonchev–Trinajstić information content (AvgIpc) is 3.38. The minimum Gasteiger partial charge on any atom is -0.375 e. The predicted octanol–water partition coefficient (Wildman–Crippen LogP) is 7.05. The Morgan fingerprint density at radius 1 is 1.12 bits per heavy atom. The minimum absolute atomic E-state index is 0.0188. The van der Waals surface area contributed by atoms with Crippen LogP contribution in [-0.2, 0) is 5.54 Å². The summed E-state index contributed by atoms with van der Waals surface area (Å²) in [4.78, 5) is 7.96. The fourth-order valence-corrected chi connectivity index (χ4v) is 5.75. The van der Waals surface area contributed by atoms with Crippen molar-refractivity contribution < 1.29 is 4.39 Å². The third-order valence-corrected chi connectivity index (χ3v) is 7.50. The molecule has 2 aliphatic carbocycles. The van der Waals surface area contributed by atoms with Gasteiger partial charge in [-0.15, -0.1) is 0 Å². The summed E-state index contributed by atoms with van der Waals surface area (Å²) in [7, 11) is 0. The molecule has 2 aromatic heterocycles. The molecule has 172 valence electrons. The van der Waals surface area contributed by atoms with Gasteiger partial charge in [-0.25, -0.2) is 9.37 Å². The first kappa shape index (κ1) is 21.0. The van der Waals surface area contributed by atoms with Crippen LogP contribution < -0.4 is 10.6 Å². The monoisotopic (exact) mass is 452 g/mol. The predicted molar refractivity (Wildman–Crippen MR) is 137 cm³/mol. The van der Waals surface area contributed by atoms with E-state index < -0.39 is 0 Å². The normalized spacial score (nSPS) is 18.9. The Kier molecular flexibility index (Phi) is 4.94. The molecular weight excluding hydrogens is 423 g/mol. The topological polar surface area (TPSA) is 52.7 Å². The average molecular weight is 453 g/mol. The Morgan fingerprint density at radius 3 is 2.79 bits per heavy atom. The first-order valence-corrected chi connectivity index (χ1v) is 12.1. The molecule has 0 unspecified atom stereocenters. The zero-order valence-corrected chi connectivity index (χ0v) is 19.3. The summed E-state index contributed by atoms with van der Waals surface area (Å²) in [6, 6.07) is 8.83. The number of pyridine rings is 1. The molecule has 1 fully saturated rings. The van der Waals surface area contributed by atoms with Crippen molar-refractivity contribution in [1.82, 2.24) is 20.6 Å². The summed E-state index contributed by atoms with van der Waals surface area (Å²) in [5, 5.41) is 8.02. The maximum atomic E-state index is 13.7. The number of halogens is 1. The van der Waals surface area contributed by atoms with Crippen LogP contribution in [0.3, 0.4) is 0 Å². The van der Waals surface area contributed by atoms with Gasteiger partial charge in [-0.2, -0.15) is 0 Å². The van der Waals surface area contributed by atoms with Crippen molar-refractivity contribution >= 4 is 22.4 Å². The van der Waals surface area contributed by atoms with Gasteiger partial charge in [-0.3, -0.25) is 0 Å². The standard InChI is InChI=1S/C29H29FN4/c1-18(33-23-8-6-7-22(30)15-23)21-13-25-26(17-32-28(25)31-16-21)20-9-10-24-19(2)34-29(27(24)14-20)11-4-3-5-12-29/h8-10,13-17,33-34H,1-7,11-12H2,(H,31,32). The van der Waals surface area contributed by atoms with E-state index in [2.05, 4.69) is 58.0 Å². The molecular formula is C29H29FN4. The highest BCUT2D eigenvalue weighted by molar-refractivity contribution is 5.95. The van der Waals surface area contributed by atoms with Crippen LogP contribution in [0.2, 0.25) is 0 Å². The Morgan fingerprint density at radius 2 is 1.97 bits per heavy atom. The van der Waals surface area contributed by atoms with E-state index in [1.807, 2.05) is 12.3 Å². The van der Waals surface area contributed by atoms with Crippen molar-refractivity contribution in [3.63, 3.8) is 0 Å². The van der Waals surface area contributed by atoms with Crippen molar-refractivity contribution in [1.29, 1.82) is 0 Å². The van der Waals surface area contributed by atoms with E-state index in [0.29, 0.717) is 18.5 Å². The van der Waals surface area contributed by atoms with Crippen LogP contribution in [0.25, 0.3) is 33.6 Å². The Hall–Kier alpha value is -3.60. The van der Waals surface area contributed by atoms with Gasteiger partial charge in [0.1, 0.15) is 11.5 Å². The highest BCUT2D eigenvalue weighted by Gasteiger charge is 2.41. The molecule has 1 saturated carbocycles. The third kappa shape index (κ3) is 3.47. The molecule has 6 rings (SSSR count). The van der Waals surface area contributed by atoms with Gasteiger partial charge in [-0.1, -0.05) is 50.6 Å². The lowest BCUT2D eigenvalue weighted by Crippen LogP contribution is -2.38. The summed E-state index contributed by atoms with van der Waals surface area (Å²) in [6.45, 7) is 8.47. The molecule has 3 aliphatic rings. The molecule has 0 atom stereocenters. The third-order valence-electron chi connectivity index (χ3n) is 7.50. The molecule has 0 radical (unpaired) electrons. The number of benzene rings is 1. The maximum Gasteiger partial charge on any atom is 0.137 e. The molecule has 1 aliphatic heterocycles. The van der Waals surface area contributed by atoms with Gasteiger partial charge in [-0.05, 0) is 48.6 Å². The molecule has 0 amide bonds. The summed E-state index contributed by atoms with van der Waals surface area (Å²) in [5.74, 6) is -0.108. The molecule has 3 N–H and O–H groups in total. The van der Waals surface area contributed by atoms with Crippen LogP contribution >= 0.6 is 0 Å². The van der Waals surface area contributed by atoms with Crippen LogP contribution in [0.1, 0.15) is 61.6 Å². The van der Waals surface area contributed by atoms with Crippen LogP contribution in [0.4, 0.5) is 4.39 Å². The fourth-order valence-electron chi connectivity index (χ4n) is 5.75. The Bertz CT molecular complexity index is 1380. The summed E-state index contributed by atoms with van der Waals surface area (Å²) in [6.07, 6.45) is 14.6. The first-order valence-electron chi connectivity index (χ1n) is 12.1. The second-order valence-electron chi connectivity index (χ2n) is 9.72. The molecule has 1 aromatic carbocycles. The Balaban J connectivity index is 1.36. The zero-order valence-electron chi connectivity index (χ0n) is 19.3. The lowest BCUT2D eigenvalue weighted by molar-refractivity contribution is 0.276. The van der Waals surface area contributed by atoms with E-state index in [-0.39, 0.29) is 11.4 Å².